The maximum atomic E-state index is 12.8. The molecule has 2 aliphatic rings. The van der Waals surface area contributed by atoms with Crippen LogP contribution >= 0.6 is 0 Å². The minimum absolute atomic E-state index is 0.0370. The number of nitrogens with two attached hydrogens (primary N) is 1. The molecule has 4 N–H and O–H groups in total. The van der Waals surface area contributed by atoms with Crippen LogP contribution < -0.4 is 16.6 Å². The molecule has 2 aromatic rings. The molecule has 2 aliphatic carbocycles. The maximum Gasteiger partial charge on any atom is 0.257 e. The van der Waals surface area contributed by atoms with Crippen molar-refractivity contribution in [1.82, 2.24) is 14.5 Å². The van der Waals surface area contributed by atoms with Crippen molar-refractivity contribution >= 4 is 22.7 Å². The fourth-order valence-electron chi connectivity index (χ4n) is 4.52. The van der Waals surface area contributed by atoms with E-state index >= 15 is 0 Å². The van der Waals surface area contributed by atoms with Gasteiger partial charge in [0.25, 0.3) is 5.56 Å². The molecule has 7 heteroatoms. The lowest BCUT2D eigenvalue weighted by atomic mass is 9.77. The summed E-state index contributed by atoms with van der Waals surface area (Å²) in [7, 11) is 0. The summed E-state index contributed by atoms with van der Waals surface area (Å²) in [5, 5.41) is 14.4. The molecule has 0 spiro atoms. The third-order valence-electron chi connectivity index (χ3n) is 6.73. The van der Waals surface area contributed by atoms with E-state index in [4.69, 9.17) is 10.7 Å². The zero-order valence-electron chi connectivity index (χ0n) is 17.0. The number of pyridine rings is 1. The van der Waals surface area contributed by atoms with Gasteiger partial charge in [0.15, 0.2) is 5.65 Å². The van der Waals surface area contributed by atoms with Gasteiger partial charge in [-0.2, -0.15) is 4.98 Å². The van der Waals surface area contributed by atoms with Crippen LogP contribution in [0.5, 0.6) is 0 Å². The molecule has 2 fully saturated rings. The lowest BCUT2D eigenvalue weighted by molar-refractivity contribution is -0.000413. The first-order chi connectivity index (χ1) is 13.3. The van der Waals surface area contributed by atoms with E-state index in [-0.39, 0.29) is 17.6 Å². The smallest absolute Gasteiger partial charge is 0.257 e. The first kappa shape index (κ1) is 19.2. The Morgan fingerprint density at radius 1 is 1.21 bits per heavy atom. The van der Waals surface area contributed by atoms with Crippen LogP contribution in [-0.2, 0) is 0 Å². The van der Waals surface area contributed by atoms with Gasteiger partial charge in [0, 0.05) is 23.8 Å². The minimum Gasteiger partial charge on any atom is -0.398 e. The fraction of sp³-hybridized carbons (Fsp3) is 0.667. The van der Waals surface area contributed by atoms with Crippen LogP contribution in [-0.4, -0.2) is 31.3 Å². The number of anilines is 2. The number of nitrogen functional groups attached to an aromatic ring is 1. The number of hydrogen-bond acceptors (Lipinski definition) is 6. The summed E-state index contributed by atoms with van der Waals surface area (Å²) in [5.41, 5.74) is 7.23. The average molecular weight is 386 g/mol. The standard InChI is InChI=1S/C21H31N5O2/c1-12-17(22)16-11-23-20(24-14-9-7-13(8-10-14)21(2,3)28)25-18(16)26(19(12)27)15-5-4-6-15/h11,13-15,28H,4-10,22H2,1-3H3,(H,23,24,25)/t13-,14-. The van der Waals surface area contributed by atoms with Crippen molar-refractivity contribution in [2.45, 2.75) is 83.4 Å². The zero-order chi connectivity index (χ0) is 20.1. The lowest BCUT2D eigenvalue weighted by Crippen LogP contribution is -2.37. The van der Waals surface area contributed by atoms with Crippen LogP contribution in [0.2, 0.25) is 0 Å². The van der Waals surface area contributed by atoms with Gasteiger partial charge >= 0.3 is 0 Å². The Hall–Kier alpha value is -2.15. The van der Waals surface area contributed by atoms with Crippen LogP contribution in [0, 0.1) is 12.8 Å². The monoisotopic (exact) mass is 385 g/mol. The van der Waals surface area contributed by atoms with Gasteiger partial charge in [0.1, 0.15) is 0 Å². The molecular weight excluding hydrogens is 354 g/mol. The van der Waals surface area contributed by atoms with Crippen molar-refractivity contribution in [1.29, 1.82) is 0 Å². The van der Waals surface area contributed by atoms with Gasteiger partial charge < -0.3 is 16.2 Å². The topological polar surface area (TPSA) is 106 Å². The van der Waals surface area contributed by atoms with E-state index in [0.717, 1.165) is 50.3 Å². The highest BCUT2D eigenvalue weighted by molar-refractivity contribution is 5.89. The molecule has 2 heterocycles. The fourth-order valence-corrected chi connectivity index (χ4v) is 4.52. The highest BCUT2D eigenvalue weighted by Gasteiger charge is 2.31. The van der Waals surface area contributed by atoms with Crippen LogP contribution in [0.1, 0.15) is 70.4 Å². The summed E-state index contributed by atoms with van der Waals surface area (Å²) in [6.07, 6.45) is 8.80. The van der Waals surface area contributed by atoms with Crippen molar-refractivity contribution in [3.8, 4) is 0 Å². The number of aromatic nitrogens is 3. The summed E-state index contributed by atoms with van der Waals surface area (Å²) >= 11 is 0. The number of rotatable bonds is 4. The Balaban J connectivity index is 1.61. The first-order valence-electron chi connectivity index (χ1n) is 10.4. The number of fused-ring (bicyclic) bond motifs is 1. The Morgan fingerprint density at radius 3 is 2.46 bits per heavy atom. The third kappa shape index (κ3) is 3.36. The van der Waals surface area contributed by atoms with E-state index in [1.165, 1.54) is 0 Å². The molecule has 0 amide bonds. The van der Waals surface area contributed by atoms with Gasteiger partial charge in [-0.1, -0.05) is 0 Å². The Kier molecular flexibility index (Phi) is 4.81. The second kappa shape index (κ2) is 7.03. The number of nitrogens with zero attached hydrogens (tertiary/aromatic N) is 3. The van der Waals surface area contributed by atoms with E-state index in [2.05, 4.69) is 10.3 Å². The molecule has 0 aromatic carbocycles. The van der Waals surface area contributed by atoms with Crippen molar-refractivity contribution in [3.05, 3.63) is 22.1 Å². The Labute approximate surface area is 165 Å². The van der Waals surface area contributed by atoms with Gasteiger partial charge in [-0.15, -0.1) is 0 Å². The molecule has 7 nitrogen and oxygen atoms in total. The molecular formula is C21H31N5O2. The summed E-state index contributed by atoms with van der Waals surface area (Å²) in [4.78, 5) is 22.0. The predicted molar refractivity (Wildman–Crippen MR) is 112 cm³/mol. The van der Waals surface area contributed by atoms with Gasteiger partial charge in [-0.25, -0.2) is 4.98 Å². The van der Waals surface area contributed by atoms with Gasteiger partial charge in [0.05, 0.1) is 16.7 Å². The lowest BCUT2D eigenvalue weighted by Gasteiger charge is -2.36. The van der Waals surface area contributed by atoms with Gasteiger partial charge in [0.2, 0.25) is 5.95 Å². The number of nitrogens with one attached hydrogen (secondary N) is 1. The molecule has 0 unspecified atom stereocenters. The molecule has 0 radical (unpaired) electrons. The highest BCUT2D eigenvalue weighted by atomic mass is 16.3. The number of aliphatic hydroxyl groups is 1. The molecule has 0 aliphatic heterocycles. The van der Waals surface area contributed by atoms with Crippen LogP contribution in [0.15, 0.2) is 11.0 Å². The molecule has 2 aromatic heterocycles. The Bertz CT molecular complexity index is 934. The van der Waals surface area contributed by atoms with Crippen LogP contribution in [0.4, 0.5) is 11.6 Å². The molecule has 0 bridgehead atoms. The Morgan fingerprint density at radius 2 is 1.89 bits per heavy atom. The molecule has 4 rings (SSSR count). The summed E-state index contributed by atoms with van der Waals surface area (Å²) in [6, 6.07) is 0.488. The molecule has 152 valence electrons. The van der Waals surface area contributed by atoms with E-state index in [1.54, 1.807) is 13.1 Å². The highest BCUT2D eigenvalue weighted by Crippen LogP contribution is 2.35. The molecule has 0 atom stereocenters. The quantitative estimate of drug-likeness (QED) is 0.746. The first-order valence-corrected chi connectivity index (χ1v) is 10.4. The molecule has 2 saturated carbocycles. The van der Waals surface area contributed by atoms with E-state index < -0.39 is 5.60 Å². The van der Waals surface area contributed by atoms with Crippen LogP contribution in [0.3, 0.4) is 0 Å². The van der Waals surface area contributed by atoms with E-state index in [9.17, 15) is 9.90 Å². The molecule has 28 heavy (non-hydrogen) atoms. The zero-order valence-corrected chi connectivity index (χ0v) is 17.0. The number of hydrogen-bond donors (Lipinski definition) is 3. The van der Waals surface area contributed by atoms with E-state index in [0.29, 0.717) is 28.8 Å². The SMILES string of the molecule is Cc1c(N)c2cnc(N[C@H]3CC[C@H](C(C)(C)O)CC3)nc2n(C2CCC2)c1=O. The minimum atomic E-state index is -0.626. The molecule has 0 saturated heterocycles. The van der Waals surface area contributed by atoms with Gasteiger partial charge in [-0.05, 0) is 71.6 Å². The summed E-state index contributed by atoms with van der Waals surface area (Å²) < 4.78 is 1.82. The second-order valence-corrected chi connectivity index (χ2v) is 9.08. The average Bonchev–Trinajstić information content (AvgIpc) is 2.61. The van der Waals surface area contributed by atoms with Gasteiger partial charge in [-0.3, -0.25) is 9.36 Å². The van der Waals surface area contributed by atoms with Crippen molar-refractivity contribution in [2.75, 3.05) is 11.1 Å². The van der Waals surface area contributed by atoms with Crippen molar-refractivity contribution in [2.24, 2.45) is 5.92 Å². The van der Waals surface area contributed by atoms with Crippen molar-refractivity contribution in [3.63, 3.8) is 0 Å². The van der Waals surface area contributed by atoms with Crippen LogP contribution in [0.25, 0.3) is 11.0 Å². The maximum absolute atomic E-state index is 12.8. The second-order valence-electron chi connectivity index (χ2n) is 9.08. The predicted octanol–water partition coefficient (Wildman–Crippen LogP) is 3.15. The van der Waals surface area contributed by atoms with E-state index in [1.807, 2.05) is 18.4 Å². The van der Waals surface area contributed by atoms with Crippen molar-refractivity contribution < 1.29 is 5.11 Å². The largest absolute Gasteiger partial charge is 0.398 e. The normalized spacial score (nSPS) is 23.6. The third-order valence-corrected chi connectivity index (χ3v) is 6.73. The summed E-state index contributed by atoms with van der Waals surface area (Å²) in [5.74, 6) is 0.879. The summed E-state index contributed by atoms with van der Waals surface area (Å²) in [6.45, 7) is 5.56.